The third kappa shape index (κ3) is 6.89. The van der Waals surface area contributed by atoms with E-state index >= 15 is 0 Å². The highest BCUT2D eigenvalue weighted by molar-refractivity contribution is 6.15. The predicted molar refractivity (Wildman–Crippen MR) is 299 cm³/mol. The van der Waals surface area contributed by atoms with Crippen LogP contribution in [0.1, 0.15) is 0 Å². The number of anilines is 3. The van der Waals surface area contributed by atoms with Crippen LogP contribution in [0.5, 0.6) is 0 Å². The monoisotopic (exact) mass is 904 g/mol. The molecule has 0 unspecified atom stereocenters. The molecular weight excluding hydrogens is 861 g/mol. The van der Waals surface area contributed by atoms with E-state index in [1.54, 1.807) is 0 Å². The van der Waals surface area contributed by atoms with E-state index in [4.69, 9.17) is 4.42 Å². The topological polar surface area (TPSA) is 21.3 Å². The van der Waals surface area contributed by atoms with Gasteiger partial charge in [-0.05, 0) is 139 Å². The SMILES string of the molecule is c1cc(-c2ccc(-c3ccc(N(c4ccc(-c5ccc6c(c5)oc5ccccc56)cc4)c4ccccc4-c4cc5ccccc5c5ccccc45)cc3)cc2)cc(-n2c3ccccc3c3ccccc32)c1. The molecule has 3 nitrogen and oxygen atoms in total. The molecule has 0 N–H and O–H groups in total. The van der Waals surface area contributed by atoms with Crippen LogP contribution in [0, 0.1) is 0 Å². The lowest BCUT2D eigenvalue weighted by atomic mass is 9.92. The molecule has 2 heterocycles. The van der Waals surface area contributed by atoms with Crippen LogP contribution in [0.15, 0.2) is 271 Å². The highest BCUT2D eigenvalue weighted by Gasteiger charge is 2.20. The number of hydrogen-bond acceptors (Lipinski definition) is 2. The van der Waals surface area contributed by atoms with Gasteiger partial charge in [-0.25, -0.2) is 0 Å². The Morgan fingerprint density at radius 1 is 0.282 bits per heavy atom. The van der Waals surface area contributed by atoms with Gasteiger partial charge in [-0.15, -0.1) is 0 Å². The van der Waals surface area contributed by atoms with E-state index in [0.29, 0.717) is 0 Å². The molecule has 0 bridgehead atoms. The molecule has 14 aromatic rings. The zero-order valence-electron chi connectivity index (χ0n) is 38.7. The molecule has 0 atom stereocenters. The van der Waals surface area contributed by atoms with Crippen molar-refractivity contribution in [2.75, 3.05) is 4.90 Å². The van der Waals surface area contributed by atoms with Crippen molar-refractivity contribution >= 4 is 82.4 Å². The molecule has 0 aliphatic heterocycles. The van der Waals surface area contributed by atoms with Gasteiger partial charge in [0.15, 0.2) is 0 Å². The summed E-state index contributed by atoms with van der Waals surface area (Å²) >= 11 is 0. The molecule has 0 saturated carbocycles. The Labute approximate surface area is 411 Å². The van der Waals surface area contributed by atoms with Crippen molar-refractivity contribution in [3.05, 3.63) is 267 Å². The lowest BCUT2D eigenvalue weighted by Gasteiger charge is -2.28. The fourth-order valence-electron chi connectivity index (χ4n) is 11.0. The normalized spacial score (nSPS) is 11.7. The number of furan rings is 1. The lowest BCUT2D eigenvalue weighted by molar-refractivity contribution is 0.669. The highest BCUT2D eigenvalue weighted by Crippen LogP contribution is 2.45. The first-order valence-electron chi connectivity index (χ1n) is 24.3. The molecule has 0 saturated heterocycles. The quantitative estimate of drug-likeness (QED) is 0.142. The molecular formula is C68H44N2O. The first-order chi connectivity index (χ1) is 35.2. The molecule has 332 valence electrons. The van der Waals surface area contributed by atoms with Crippen LogP contribution in [-0.2, 0) is 0 Å². The molecule has 0 fully saturated rings. The summed E-state index contributed by atoms with van der Waals surface area (Å²) in [5.41, 5.74) is 17.9. The van der Waals surface area contributed by atoms with Gasteiger partial charge >= 0.3 is 0 Å². The molecule has 0 amide bonds. The van der Waals surface area contributed by atoms with Crippen molar-refractivity contribution in [1.82, 2.24) is 4.57 Å². The number of aromatic nitrogens is 1. The van der Waals surface area contributed by atoms with Gasteiger partial charge in [-0.3, -0.25) is 0 Å². The van der Waals surface area contributed by atoms with Crippen molar-refractivity contribution in [3.63, 3.8) is 0 Å². The lowest BCUT2D eigenvalue weighted by Crippen LogP contribution is -2.11. The summed E-state index contributed by atoms with van der Waals surface area (Å²) in [5, 5.41) is 9.76. The van der Waals surface area contributed by atoms with Crippen molar-refractivity contribution in [2.45, 2.75) is 0 Å². The van der Waals surface area contributed by atoms with Crippen molar-refractivity contribution in [3.8, 4) is 50.2 Å². The van der Waals surface area contributed by atoms with Crippen LogP contribution in [0.25, 0.3) is 115 Å². The van der Waals surface area contributed by atoms with E-state index in [0.717, 1.165) is 66.9 Å². The van der Waals surface area contributed by atoms with Crippen LogP contribution in [0.4, 0.5) is 17.1 Å². The average molecular weight is 905 g/mol. The second-order valence-corrected chi connectivity index (χ2v) is 18.4. The fourth-order valence-corrected chi connectivity index (χ4v) is 11.0. The van der Waals surface area contributed by atoms with Crippen LogP contribution in [0.3, 0.4) is 0 Å². The van der Waals surface area contributed by atoms with Crippen molar-refractivity contribution in [1.29, 1.82) is 0 Å². The van der Waals surface area contributed by atoms with Crippen LogP contribution < -0.4 is 4.90 Å². The number of fused-ring (bicyclic) bond motifs is 9. The standard InChI is InChI=1S/C68H44N2O/c1-2-17-55-51(14-1)43-63(57-19-4-3-18-56(55)57)60-22-7-9-24-64(60)69(53-39-34-48(35-40-53)50-36-41-62-61-23-8-12-27-67(61)71-68(62)44-50)52-37-32-46(33-38-52)45-28-30-47(31-29-45)49-15-13-16-54(42-49)70-65-25-10-5-20-58(65)59-21-6-11-26-66(59)70/h1-44H. The van der Waals surface area contributed by atoms with E-state index in [-0.39, 0.29) is 0 Å². The van der Waals surface area contributed by atoms with Gasteiger partial charge in [0.2, 0.25) is 0 Å². The van der Waals surface area contributed by atoms with E-state index < -0.39 is 0 Å². The van der Waals surface area contributed by atoms with Crippen LogP contribution in [-0.4, -0.2) is 4.57 Å². The first-order valence-corrected chi connectivity index (χ1v) is 24.3. The molecule has 14 rings (SSSR count). The number of hydrogen-bond donors (Lipinski definition) is 0. The maximum absolute atomic E-state index is 6.30. The average Bonchev–Trinajstić information content (AvgIpc) is 3.99. The predicted octanol–water partition coefficient (Wildman–Crippen LogP) is 19.1. The van der Waals surface area contributed by atoms with Gasteiger partial charge in [0.1, 0.15) is 11.2 Å². The zero-order valence-corrected chi connectivity index (χ0v) is 38.7. The number of nitrogens with zero attached hydrogens (tertiary/aromatic N) is 2. The fraction of sp³-hybridized carbons (Fsp3) is 0. The molecule has 2 aromatic heterocycles. The van der Waals surface area contributed by atoms with E-state index in [1.807, 2.05) is 12.1 Å². The van der Waals surface area contributed by atoms with Gasteiger partial charge < -0.3 is 13.9 Å². The number of para-hydroxylation sites is 4. The summed E-state index contributed by atoms with van der Waals surface area (Å²) in [6.45, 7) is 0. The molecule has 3 heteroatoms. The minimum absolute atomic E-state index is 0.894. The Balaban J connectivity index is 0.837. The Hall–Kier alpha value is -9.44. The van der Waals surface area contributed by atoms with E-state index in [1.165, 1.54) is 65.6 Å². The minimum atomic E-state index is 0.894. The number of rotatable bonds is 8. The maximum Gasteiger partial charge on any atom is 0.136 e. The largest absolute Gasteiger partial charge is 0.456 e. The van der Waals surface area contributed by atoms with Gasteiger partial charge in [0.05, 0.1) is 16.7 Å². The molecule has 12 aromatic carbocycles. The summed E-state index contributed by atoms with van der Waals surface area (Å²) in [6.07, 6.45) is 0. The molecule has 0 radical (unpaired) electrons. The van der Waals surface area contributed by atoms with Crippen molar-refractivity contribution in [2.24, 2.45) is 0 Å². The van der Waals surface area contributed by atoms with E-state index in [2.05, 4.69) is 264 Å². The second kappa shape index (κ2) is 16.7. The Kier molecular flexibility index (Phi) is 9.53. The summed E-state index contributed by atoms with van der Waals surface area (Å²) in [6, 6.07) is 96.8. The Morgan fingerprint density at radius 2 is 0.775 bits per heavy atom. The number of benzene rings is 12. The Bertz CT molecular complexity index is 4280. The van der Waals surface area contributed by atoms with Crippen LogP contribution in [0.2, 0.25) is 0 Å². The summed E-state index contributed by atoms with van der Waals surface area (Å²) < 4.78 is 8.69. The summed E-state index contributed by atoms with van der Waals surface area (Å²) in [5.74, 6) is 0. The maximum atomic E-state index is 6.30. The summed E-state index contributed by atoms with van der Waals surface area (Å²) in [7, 11) is 0. The molecule has 71 heavy (non-hydrogen) atoms. The third-order valence-corrected chi connectivity index (χ3v) is 14.4. The molecule has 0 aliphatic rings. The minimum Gasteiger partial charge on any atom is -0.456 e. The molecule has 0 aliphatic carbocycles. The van der Waals surface area contributed by atoms with Crippen molar-refractivity contribution < 1.29 is 4.42 Å². The second-order valence-electron chi connectivity index (χ2n) is 18.4. The Morgan fingerprint density at radius 3 is 1.46 bits per heavy atom. The first kappa shape index (κ1) is 40.6. The van der Waals surface area contributed by atoms with E-state index in [9.17, 15) is 0 Å². The van der Waals surface area contributed by atoms with Crippen LogP contribution >= 0.6 is 0 Å². The molecule has 0 spiro atoms. The summed E-state index contributed by atoms with van der Waals surface area (Å²) in [4.78, 5) is 2.41. The zero-order chi connectivity index (χ0) is 46.8. The van der Waals surface area contributed by atoms with Gasteiger partial charge in [0.25, 0.3) is 0 Å². The highest BCUT2D eigenvalue weighted by atomic mass is 16.3. The van der Waals surface area contributed by atoms with Gasteiger partial charge in [-0.1, -0.05) is 188 Å². The van der Waals surface area contributed by atoms with Gasteiger partial charge in [0, 0.05) is 44.2 Å². The smallest absolute Gasteiger partial charge is 0.136 e. The third-order valence-electron chi connectivity index (χ3n) is 14.4. The van der Waals surface area contributed by atoms with Gasteiger partial charge in [-0.2, -0.15) is 0 Å².